The predicted molar refractivity (Wildman–Crippen MR) is 106 cm³/mol. The van der Waals surface area contributed by atoms with Gasteiger partial charge in [-0.05, 0) is 36.8 Å². The Bertz CT molecular complexity index is 833. The second-order valence-corrected chi connectivity index (χ2v) is 8.13. The summed E-state index contributed by atoms with van der Waals surface area (Å²) in [6, 6.07) is 22.9. The van der Waals surface area contributed by atoms with Crippen LogP contribution in [0.5, 0.6) is 0 Å². The molecule has 0 aromatic heterocycles. The van der Waals surface area contributed by atoms with Gasteiger partial charge >= 0.3 is 0 Å². The fourth-order valence-electron chi connectivity index (χ4n) is 3.94. The molecule has 0 spiro atoms. The third-order valence-corrected chi connectivity index (χ3v) is 6.73. The lowest BCUT2D eigenvalue weighted by Gasteiger charge is -2.45. The minimum absolute atomic E-state index is 0.480. The molecule has 3 nitrogen and oxygen atoms in total. The van der Waals surface area contributed by atoms with Gasteiger partial charge in [0.05, 0.1) is 17.4 Å². The first-order chi connectivity index (χ1) is 12.7. The van der Waals surface area contributed by atoms with Gasteiger partial charge in [0.1, 0.15) is 5.72 Å². The van der Waals surface area contributed by atoms with E-state index in [0.717, 1.165) is 11.4 Å². The topological polar surface area (TPSA) is 47.3 Å². The minimum Gasteiger partial charge on any atom is -0.371 e. The molecule has 1 fully saturated rings. The Morgan fingerprint density at radius 2 is 1.54 bits per heavy atom. The van der Waals surface area contributed by atoms with Gasteiger partial charge in [0.2, 0.25) is 0 Å². The van der Waals surface area contributed by atoms with Gasteiger partial charge < -0.3 is 10.0 Å². The van der Waals surface area contributed by atoms with E-state index < -0.39 is 11.1 Å². The fourth-order valence-corrected chi connectivity index (χ4v) is 5.04. The van der Waals surface area contributed by atoms with Gasteiger partial charge in [-0.3, -0.25) is 0 Å². The van der Waals surface area contributed by atoms with Gasteiger partial charge in [-0.2, -0.15) is 5.26 Å². The maximum absolute atomic E-state index is 11.3. The molecule has 0 bridgehead atoms. The molecule has 2 aliphatic rings. The quantitative estimate of drug-likeness (QED) is 0.858. The SMILES string of the molecule is N#CC1(c2ccccc2)CCC(O)(N2C=C(c3ccccc3)SC2)CC1. The van der Waals surface area contributed by atoms with E-state index in [0.29, 0.717) is 25.7 Å². The molecule has 4 rings (SSSR count). The number of aliphatic hydroxyl groups is 1. The van der Waals surface area contributed by atoms with E-state index in [4.69, 9.17) is 0 Å². The molecule has 0 saturated heterocycles. The maximum Gasteiger partial charge on any atom is 0.138 e. The Morgan fingerprint density at radius 3 is 2.15 bits per heavy atom. The second-order valence-electron chi connectivity index (χ2n) is 7.14. The molecule has 1 aliphatic carbocycles. The van der Waals surface area contributed by atoms with Crippen LogP contribution in [-0.2, 0) is 5.41 Å². The summed E-state index contributed by atoms with van der Waals surface area (Å²) in [5.74, 6) is 0.756. The van der Waals surface area contributed by atoms with Crippen molar-refractivity contribution < 1.29 is 5.11 Å². The Kier molecular flexibility index (Phi) is 4.52. The highest BCUT2D eigenvalue weighted by Gasteiger charge is 2.46. The molecule has 0 unspecified atom stereocenters. The molecule has 132 valence electrons. The first kappa shape index (κ1) is 17.2. The minimum atomic E-state index is -0.862. The highest BCUT2D eigenvalue weighted by molar-refractivity contribution is 8.08. The molecule has 0 atom stereocenters. The van der Waals surface area contributed by atoms with Crippen LogP contribution in [0.4, 0.5) is 0 Å². The van der Waals surface area contributed by atoms with Crippen LogP contribution in [0.15, 0.2) is 66.9 Å². The zero-order valence-electron chi connectivity index (χ0n) is 14.6. The first-order valence-electron chi connectivity index (χ1n) is 9.01. The molecule has 0 amide bonds. The smallest absolute Gasteiger partial charge is 0.138 e. The van der Waals surface area contributed by atoms with E-state index in [1.807, 2.05) is 48.5 Å². The number of nitrogens with zero attached hydrogens (tertiary/aromatic N) is 2. The molecule has 4 heteroatoms. The lowest BCUT2D eigenvalue weighted by atomic mass is 9.68. The molecule has 1 saturated carbocycles. The number of benzene rings is 2. The molecular weight excluding hydrogens is 340 g/mol. The summed E-state index contributed by atoms with van der Waals surface area (Å²) in [6.45, 7) is 0. The van der Waals surface area contributed by atoms with E-state index in [2.05, 4.69) is 29.3 Å². The van der Waals surface area contributed by atoms with Gasteiger partial charge in [-0.25, -0.2) is 0 Å². The van der Waals surface area contributed by atoms with E-state index in [-0.39, 0.29) is 0 Å². The van der Waals surface area contributed by atoms with Gasteiger partial charge in [-0.15, -0.1) is 11.8 Å². The first-order valence-corrected chi connectivity index (χ1v) is 10.00. The monoisotopic (exact) mass is 362 g/mol. The number of hydrogen-bond acceptors (Lipinski definition) is 4. The molecule has 2 aromatic carbocycles. The van der Waals surface area contributed by atoms with Crippen LogP contribution in [0.25, 0.3) is 4.91 Å². The van der Waals surface area contributed by atoms with Crippen molar-refractivity contribution in [3.05, 3.63) is 78.0 Å². The molecule has 1 aliphatic heterocycles. The molecule has 1 heterocycles. The van der Waals surface area contributed by atoms with Crippen LogP contribution in [0.1, 0.15) is 36.8 Å². The van der Waals surface area contributed by atoms with E-state index in [9.17, 15) is 10.4 Å². The van der Waals surface area contributed by atoms with Crippen molar-refractivity contribution >= 4 is 16.7 Å². The highest BCUT2D eigenvalue weighted by atomic mass is 32.2. The summed E-state index contributed by atoms with van der Waals surface area (Å²) in [7, 11) is 0. The van der Waals surface area contributed by atoms with Gasteiger partial charge in [0.15, 0.2) is 0 Å². The second kappa shape index (κ2) is 6.83. The van der Waals surface area contributed by atoms with E-state index in [1.54, 1.807) is 11.8 Å². The average Bonchev–Trinajstić information content (AvgIpc) is 3.22. The average molecular weight is 362 g/mol. The Hall–Kier alpha value is -2.22. The van der Waals surface area contributed by atoms with Crippen LogP contribution in [0.3, 0.4) is 0 Å². The molecular formula is C22H22N2OS. The largest absolute Gasteiger partial charge is 0.371 e. The highest BCUT2D eigenvalue weighted by Crippen LogP contribution is 2.47. The maximum atomic E-state index is 11.3. The van der Waals surface area contributed by atoms with E-state index >= 15 is 0 Å². The predicted octanol–water partition coefficient (Wildman–Crippen LogP) is 4.72. The number of rotatable bonds is 3. The Balaban J connectivity index is 1.52. The summed E-state index contributed by atoms with van der Waals surface area (Å²) in [6.07, 6.45) is 4.66. The fraction of sp³-hybridized carbons (Fsp3) is 0.318. The van der Waals surface area contributed by atoms with Crippen molar-refractivity contribution in [2.24, 2.45) is 0 Å². The number of thioether (sulfide) groups is 1. The summed E-state index contributed by atoms with van der Waals surface area (Å²) in [5.41, 5.74) is 0.918. The van der Waals surface area contributed by atoms with Crippen molar-refractivity contribution in [1.82, 2.24) is 4.90 Å². The summed E-state index contributed by atoms with van der Waals surface area (Å²) in [4.78, 5) is 3.26. The Labute approximate surface area is 159 Å². The molecule has 1 N–H and O–H groups in total. The van der Waals surface area contributed by atoms with Crippen LogP contribution >= 0.6 is 11.8 Å². The van der Waals surface area contributed by atoms with E-state index in [1.165, 1.54) is 10.5 Å². The number of nitriles is 1. The number of hydrogen-bond donors (Lipinski definition) is 1. The molecule has 2 aromatic rings. The van der Waals surface area contributed by atoms with Crippen LogP contribution in [-0.4, -0.2) is 21.6 Å². The van der Waals surface area contributed by atoms with Gasteiger partial charge in [0, 0.05) is 11.1 Å². The van der Waals surface area contributed by atoms with Crippen LogP contribution < -0.4 is 0 Å². The van der Waals surface area contributed by atoms with Crippen molar-refractivity contribution in [1.29, 1.82) is 5.26 Å². The lowest BCUT2D eigenvalue weighted by Crippen LogP contribution is -2.50. The molecule has 0 radical (unpaired) electrons. The lowest BCUT2D eigenvalue weighted by molar-refractivity contribution is -0.106. The zero-order valence-corrected chi connectivity index (χ0v) is 15.5. The summed E-state index contributed by atoms with van der Waals surface area (Å²) in [5, 5.41) is 21.1. The summed E-state index contributed by atoms with van der Waals surface area (Å²) >= 11 is 1.76. The van der Waals surface area contributed by atoms with Gasteiger partial charge in [-0.1, -0.05) is 60.7 Å². The van der Waals surface area contributed by atoms with Crippen molar-refractivity contribution in [3.8, 4) is 6.07 Å². The normalized spacial score (nSPS) is 28.5. The summed E-state index contributed by atoms with van der Waals surface area (Å²) < 4.78 is 0. The van der Waals surface area contributed by atoms with Crippen molar-refractivity contribution in [3.63, 3.8) is 0 Å². The van der Waals surface area contributed by atoms with Gasteiger partial charge in [0.25, 0.3) is 0 Å². The zero-order chi connectivity index (χ0) is 18.0. The van der Waals surface area contributed by atoms with Crippen LogP contribution in [0, 0.1) is 11.3 Å². The third kappa shape index (κ3) is 3.02. The van der Waals surface area contributed by atoms with Crippen molar-refractivity contribution in [2.75, 3.05) is 5.88 Å². The van der Waals surface area contributed by atoms with Crippen molar-refractivity contribution in [2.45, 2.75) is 36.8 Å². The molecule has 26 heavy (non-hydrogen) atoms. The standard InChI is InChI=1S/C22H22N2OS/c23-16-21(19-9-5-2-6-10-19)11-13-22(25,14-12-21)24-15-20(26-17-24)18-7-3-1-4-8-18/h1-10,15,25H,11-14,17H2. The Morgan fingerprint density at radius 1 is 0.923 bits per heavy atom. The third-order valence-electron chi connectivity index (χ3n) is 5.67. The van der Waals surface area contributed by atoms with Crippen LogP contribution in [0.2, 0.25) is 0 Å².